The highest BCUT2D eigenvalue weighted by Gasteiger charge is 2.26. The first kappa shape index (κ1) is 15.6. The SMILES string of the molecule is CCc1nn(C)c(OC)c1CNCC(C)(O)c1ccco1. The molecule has 21 heavy (non-hydrogen) atoms. The first-order valence-electron chi connectivity index (χ1n) is 7.05. The second-order valence-corrected chi connectivity index (χ2v) is 5.27. The van der Waals surface area contributed by atoms with Crippen molar-refractivity contribution in [3.8, 4) is 5.88 Å². The van der Waals surface area contributed by atoms with Gasteiger partial charge in [0.05, 0.1) is 24.6 Å². The lowest BCUT2D eigenvalue weighted by molar-refractivity contribution is 0.0340. The van der Waals surface area contributed by atoms with Crippen molar-refractivity contribution >= 4 is 0 Å². The fraction of sp³-hybridized carbons (Fsp3) is 0.533. The maximum absolute atomic E-state index is 10.4. The minimum Gasteiger partial charge on any atom is -0.481 e. The van der Waals surface area contributed by atoms with E-state index >= 15 is 0 Å². The summed E-state index contributed by atoms with van der Waals surface area (Å²) in [5.41, 5.74) is 0.975. The third kappa shape index (κ3) is 3.28. The van der Waals surface area contributed by atoms with Crippen LogP contribution in [0, 0.1) is 0 Å². The molecule has 116 valence electrons. The van der Waals surface area contributed by atoms with Gasteiger partial charge in [0.25, 0.3) is 0 Å². The molecular formula is C15H23N3O3. The topological polar surface area (TPSA) is 72.5 Å². The Labute approximate surface area is 124 Å². The normalized spacial score (nSPS) is 14.1. The predicted molar refractivity (Wildman–Crippen MR) is 79.1 cm³/mol. The highest BCUT2D eigenvalue weighted by Crippen LogP contribution is 2.23. The Morgan fingerprint density at radius 1 is 1.52 bits per heavy atom. The largest absolute Gasteiger partial charge is 0.481 e. The Hall–Kier alpha value is -1.79. The molecule has 6 nitrogen and oxygen atoms in total. The maximum Gasteiger partial charge on any atom is 0.216 e. The van der Waals surface area contributed by atoms with Crippen LogP contribution in [-0.2, 0) is 25.6 Å². The van der Waals surface area contributed by atoms with E-state index in [9.17, 15) is 5.11 Å². The van der Waals surface area contributed by atoms with E-state index in [-0.39, 0.29) is 0 Å². The van der Waals surface area contributed by atoms with Gasteiger partial charge in [-0.25, -0.2) is 4.68 Å². The minimum absolute atomic E-state index is 0.377. The van der Waals surface area contributed by atoms with Gasteiger partial charge < -0.3 is 19.6 Å². The highest BCUT2D eigenvalue weighted by molar-refractivity contribution is 5.31. The second kappa shape index (κ2) is 6.32. The van der Waals surface area contributed by atoms with E-state index in [0.29, 0.717) is 18.8 Å². The molecule has 2 rings (SSSR count). The van der Waals surface area contributed by atoms with Crippen LogP contribution in [-0.4, -0.2) is 28.5 Å². The van der Waals surface area contributed by atoms with Crippen molar-refractivity contribution in [1.82, 2.24) is 15.1 Å². The fourth-order valence-corrected chi connectivity index (χ4v) is 2.43. The average molecular weight is 293 g/mol. The van der Waals surface area contributed by atoms with Crippen LogP contribution in [0.5, 0.6) is 5.88 Å². The molecule has 0 aliphatic heterocycles. The van der Waals surface area contributed by atoms with Crippen molar-refractivity contribution in [2.45, 2.75) is 32.4 Å². The summed E-state index contributed by atoms with van der Waals surface area (Å²) >= 11 is 0. The smallest absolute Gasteiger partial charge is 0.216 e. The molecule has 0 aromatic carbocycles. The molecule has 0 bridgehead atoms. The van der Waals surface area contributed by atoms with Crippen LogP contribution in [0.4, 0.5) is 0 Å². The molecule has 0 saturated carbocycles. The molecule has 0 fully saturated rings. The zero-order valence-corrected chi connectivity index (χ0v) is 13.0. The van der Waals surface area contributed by atoms with E-state index < -0.39 is 5.60 Å². The lowest BCUT2D eigenvalue weighted by Gasteiger charge is -2.21. The summed E-state index contributed by atoms with van der Waals surface area (Å²) in [6.45, 7) is 4.74. The molecule has 2 aromatic rings. The third-order valence-corrected chi connectivity index (χ3v) is 3.52. The summed E-state index contributed by atoms with van der Waals surface area (Å²) in [4.78, 5) is 0. The second-order valence-electron chi connectivity index (χ2n) is 5.27. The molecule has 1 atom stereocenters. The number of hydrogen-bond donors (Lipinski definition) is 2. The standard InChI is InChI=1S/C15H23N3O3/c1-5-12-11(14(20-4)18(3)17-12)9-16-10-15(2,19)13-7-6-8-21-13/h6-8,16,19H,5,9-10H2,1-4H3. The van der Waals surface area contributed by atoms with E-state index in [2.05, 4.69) is 17.3 Å². The first-order chi connectivity index (χ1) is 9.99. The van der Waals surface area contributed by atoms with E-state index in [1.165, 1.54) is 0 Å². The number of aliphatic hydroxyl groups is 1. The number of rotatable bonds is 7. The molecule has 6 heteroatoms. The third-order valence-electron chi connectivity index (χ3n) is 3.52. The Morgan fingerprint density at radius 3 is 2.86 bits per heavy atom. The van der Waals surface area contributed by atoms with Crippen molar-refractivity contribution in [1.29, 1.82) is 0 Å². The van der Waals surface area contributed by atoms with E-state index in [0.717, 1.165) is 23.6 Å². The first-order valence-corrected chi connectivity index (χ1v) is 7.05. The Kier molecular flexibility index (Phi) is 4.69. The summed E-state index contributed by atoms with van der Waals surface area (Å²) in [7, 11) is 3.50. The number of methoxy groups -OCH3 is 1. The molecule has 0 amide bonds. The van der Waals surface area contributed by atoms with Crippen LogP contribution in [0.2, 0.25) is 0 Å². The number of nitrogens with one attached hydrogen (secondary N) is 1. The van der Waals surface area contributed by atoms with Crippen LogP contribution in [0.1, 0.15) is 30.9 Å². The summed E-state index contributed by atoms with van der Waals surface area (Å²) in [5, 5.41) is 18.1. The number of nitrogens with zero attached hydrogens (tertiary/aromatic N) is 2. The number of aryl methyl sites for hydroxylation is 2. The molecule has 0 aliphatic rings. The van der Waals surface area contributed by atoms with Gasteiger partial charge in [0, 0.05) is 20.1 Å². The zero-order chi connectivity index (χ0) is 15.5. The maximum atomic E-state index is 10.4. The van der Waals surface area contributed by atoms with E-state index in [4.69, 9.17) is 9.15 Å². The van der Waals surface area contributed by atoms with Crippen molar-refractivity contribution in [2.75, 3.05) is 13.7 Å². The van der Waals surface area contributed by atoms with Crippen LogP contribution >= 0.6 is 0 Å². The Bertz CT molecular complexity index is 573. The van der Waals surface area contributed by atoms with Crippen LogP contribution in [0.25, 0.3) is 0 Å². The quantitative estimate of drug-likeness (QED) is 0.811. The average Bonchev–Trinajstić information content (AvgIpc) is 3.07. The van der Waals surface area contributed by atoms with Gasteiger partial charge >= 0.3 is 0 Å². The zero-order valence-electron chi connectivity index (χ0n) is 13.0. The van der Waals surface area contributed by atoms with Crippen molar-refractivity contribution in [3.05, 3.63) is 35.4 Å². The van der Waals surface area contributed by atoms with Gasteiger partial charge in [0.1, 0.15) is 11.4 Å². The number of ether oxygens (including phenoxy) is 1. The lowest BCUT2D eigenvalue weighted by Crippen LogP contribution is -2.34. The molecule has 2 aromatic heterocycles. The highest BCUT2D eigenvalue weighted by atomic mass is 16.5. The molecule has 2 heterocycles. The minimum atomic E-state index is -1.05. The van der Waals surface area contributed by atoms with Gasteiger partial charge in [0.2, 0.25) is 5.88 Å². The molecule has 1 unspecified atom stereocenters. The number of aromatic nitrogens is 2. The summed E-state index contributed by atoms with van der Waals surface area (Å²) < 4.78 is 12.4. The number of hydrogen-bond acceptors (Lipinski definition) is 5. The lowest BCUT2D eigenvalue weighted by atomic mass is 10.0. The summed E-state index contributed by atoms with van der Waals surface area (Å²) in [6.07, 6.45) is 2.39. The molecule has 0 saturated heterocycles. The summed E-state index contributed by atoms with van der Waals surface area (Å²) in [6, 6.07) is 3.53. The predicted octanol–water partition coefficient (Wildman–Crippen LogP) is 1.58. The fourth-order valence-electron chi connectivity index (χ4n) is 2.43. The van der Waals surface area contributed by atoms with Gasteiger partial charge in [-0.2, -0.15) is 5.10 Å². The molecular weight excluding hydrogens is 270 g/mol. The van der Waals surface area contributed by atoms with Crippen LogP contribution in [0.15, 0.2) is 22.8 Å². The Balaban J connectivity index is 2.04. The van der Waals surface area contributed by atoms with E-state index in [1.807, 2.05) is 7.05 Å². The van der Waals surface area contributed by atoms with Gasteiger partial charge in [-0.1, -0.05) is 6.92 Å². The molecule has 0 radical (unpaired) electrons. The van der Waals surface area contributed by atoms with Crippen LogP contribution in [0.3, 0.4) is 0 Å². The van der Waals surface area contributed by atoms with Gasteiger partial charge in [-0.15, -0.1) is 0 Å². The summed E-state index contributed by atoms with van der Waals surface area (Å²) in [5.74, 6) is 1.29. The Morgan fingerprint density at radius 2 is 2.29 bits per heavy atom. The van der Waals surface area contributed by atoms with Gasteiger partial charge in [-0.05, 0) is 25.5 Å². The number of furan rings is 1. The molecule has 0 aliphatic carbocycles. The molecule has 0 spiro atoms. The van der Waals surface area contributed by atoms with Crippen molar-refractivity contribution in [3.63, 3.8) is 0 Å². The van der Waals surface area contributed by atoms with Crippen molar-refractivity contribution < 1.29 is 14.3 Å². The van der Waals surface area contributed by atoms with Crippen LogP contribution < -0.4 is 10.1 Å². The van der Waals surface area contributed by atoms with Gasteiger partial charge in [-0.3, -0.25) is 0 Å². The van der Waals surface area contributed by atoms with Gasteiger partial charge in [0.15, 0.2) is 0 Å². The van der Waals surface area contributed by atoms with Crippen molar-refractivity contribution in [2.24, 2.45) is 7.05 Å². The monoisotopic (exact) mass is 293 g/mol. The van der Waals surface area contributed by atoms with E-state index in [1.54, 1.807) is 37.1 Å². The molecule has 2 N–H and O–H groups in total.